The normalized spacial score (nSPS) is 21.3. The molecule has 0 atom stereocenters. The Morgan fingerprint density at radius 1 is 1.14 bits per heavy atom. The van der Waals surface area contributed by atoms with Gasteiger partial charge in [0.05, 0.1) is 5.54 Å². The third-order valence-electron chi connectivity index (χ3n) is 5.05. The Balaban J connectivity index is 1.89. The van der Waals surface area contributed by atoms with Gasteiger partial charge in [0, 0.05) is 20.1 Å². The van der Waals surface area contributed by atoms with E-state index in [1.165, 1.54) is 5.56 Å². The highest BCUT2D eigenvalue weighted by Gasteiger charge is 2.41. The lowest BCUT2D eigenvalue weighted by atomic mass is 9.80. The summed E-state index contributed by atoms with van der Waals surface area (Å²) in [5.74, 6) is 0. The summed E-state index contributed by atoms with van der Waals surface area (Å²) < 4.78 is 0. The topological polar surface area (TPSA) is 35.6 Å². The van der Waals surface area contributed by atoms with Crippen molar-refractivity contribution in [3.8, 4) is 0 Å². The summed E-state index contributed by atoms with van der Waals surface area (Å²) in [7, 11) is 1.99. The maximum Gasteiger partial charge on any atom is 0.320 e. The molecule has 0 aliphatic carbocycles. The molecule has 0 spiro atoms. The zero-order valence-corrected chi connectivity index (χ0v) is 12.8. The molecule has 0 aromatic heterocycles. The van der Waals surface area contributed by atoms with E-state index >= 15 is 0 Å². The van der Waals surface area contributed by atoms with Gasteiger partial charge in [0.25, 0.3) is 0 Å². The highest BCUT2D eigenvalue weighted by atomic mass is 16.2. The molecule has 2 saturated heterocycles. The molecule has 0 radical (unpaired) electrons. The van der Waals surface area contributed by atoms with Crippen molar-refractivity contribution in [2.75, 3.05) is 33.2 Å². The number of nitrogens with zero attached hydrogens (tertiary/aromatic N) is 2. The van der Waals surface area contributed by atoms with Gasteiger partial charge in [-0.1, -0.05) is 30.3 Å². The van der Waals surface area contributed by atoms with Crippen LogP contribution < -0.4 is 5.32 Å². The second-order valence-electron chi connectivity index (χ2n) is 6.18. The molecule has 1 N–H and O–H groups in total. The third-order valence-corrected chi connectivity index (χ3v) is 5.05. The number of piperidine rings is 1. The van der Waals surface area contributed by atoms with Gasteiger partial charge in [-0.2, -0.15) is 0 Å². The Morgan fingerprint density at radius 2 is 1.76 bits per heavy atom. The minimum absolute atomic E-state index is 0.161. The minimum Gasteiger partial charge on any atom is -0.325 e. The first-order chi connectivity index (χ1) is 10.2. The maximum absolute atomic E-state index is 12.9. The molecule has 1 aromatic rings. The fourth-order valence-corrected chi connectivity index (χ4v) is 3.71. The second-order valence-corrected chi connectivity index (χ2v) is 6.18. The lowest BCUT2D eigenvalue weighted by Gasteiger charge is -2.46. The van der Waals surface area contributed by atoms with E-state index in [9.17, 15) is 4.79 Å². The third kappa shape index (κ3) is 2.64. The molecule has 1 aromatic carbocycles. The van der Waals surface area contributed by atoms with E-state index in [1.807, 2.05) is 22.9 Å². The Kier molecular flexibility index (Phi) is 4.15. The van der Waals surface area contributed by atoms with Crippen molar-refractivity contribution in [1.82, 2.24) is 15.1 Å². The monoisotopic (exact) mass is 287 g/mol. The van der Waals surface area contributed by atoms with Gasteiger partial charge >= 0.3 is 6.03 Å². The molecule has 2 fully saturated rings. The number of hydrogen-bond donors (Lipinski definition) is 1. The van der Waals surface area contributed by atoms with Crippen molar-refractivity contribution >= 4 is 6.03 Å². The zero-order valence-electron chi connectivity index (χ0n) is 12.8. The molecular formula is C17H25N3O. The van der Waals surface area contributed by atoms with Crippen LogP contribution in [-0.4, -0.2) is 49.1 Å². The van der Waals surface area contributed by atoms with Gasteiger partial charge < -0.3 is 15.1 Å². The average Bonchev–Trinajstić information content (AvgIpc) is 3.09. The van der Waals surface area contributed by atoms with Crippen LogP contribution in [0.15, 0.2) is 30.3 Å². The van der Waals surface area contributed by atoms with E-state index in [-0.39, 0.29) is 11.6 Å². The summed E-state index contributed by atoms with van der Waals surface area (Å²) in [4.78, 5) is 16.9. The van der Waals surface area contributed by atoms with E-state index in [1.54, 1.807) is 0 Å². The van der Waals surface area contributed by atoms with Gasteiger partial charge in [0.15, 0.2) is 0 Å². The predicted octanol–water partition coefficient (Wildman–Crippen LogP) is 2.41. The Morgan fingerprint density at radius 3 is 2.38 bits per heavy atom. The van der Waals surface area contributed by atoms with Crippen molar-refractivity contribution in [2.45, 2.75) is 31.2 Å². The van der Waals surface area contributed by atoms with Crippen molar-refractivity contribution in [1.29, 1.82) is 0 Å². The molecule has 2 heterocycles. The summed E-state index contributed by atoms with van der Waals surface area (Å²) in [6.07, 6.45) is 4.24. The molecule has 0 saturated carbocycles. The molecule has 4 nitrogen and oxygen atoms in total. The molecule has 2 amide bonds. The van der Waals surface area contributed by atoms with Gasteiger partial charge in [-0.3, -0.25) is 0 Å². The van der Waals surface area contributed by atoms with Crippen LogP contribution in [0.25, 0.3) is 0 Å². The molecule has 114 valence electrons. The quantitative estimate of drug-likeness (QED) is 0.906. The fourth-order valence-electron chi connectivity index (χ4n) is 3.71. The van der Waals surface area contributed by atoms with Gasteiger partial charge in [-0.25, -0.2) is 4.79 Å². The summed E-state index contributed by atoms with van der Waals surface area (Å²) in [5, 5.41) is 3.42. The summed E-state index contributed by atoms with van der Waals surface area (Å²) in [5.41, 5.74) is 1.10. The van der Waals surface area contributed by atoms with E-state index in [0.717, 1.165) is 51.9 Å². The largest absolute Gasteiger partial charge is 0.325 e. The molecule has 2 aliphatic heterocycles. The van der Waals surface area contributed by atoms with Crippen LogP contribution in [0.1, 0.15) is 31.2 Å². The van der Waals surface area contributed by atoms with Gasteiger partial charge in [-0.15, -0.1) is 0 Å². The molecule has 0 unspecified atom stereocenters. The summed E-state index contributed by atoms with van der Waals surface area (Å²) in [6.45, 7) is 3.75. The lowest BCUT2D eigenvalue weighted by Crippen LogP contribution is -2.55. The van der Waals surface area contributed by atoms with Gasteiger partial charge in [0.1, 0.15) is 0 Å². The summed E-state index contributed by atoms with van der Waals surface area (Å²) >= 11 is 0. The van der Waals surface area contributed by atoms with Crippen LogP contribution in [0.3, 0.4) is 0 Å². The number of urea groups is 1. The standard InChI is InChI=1S/C17H25N3O/c1-19(16(21)20-13-5-6-14-20)17(9-11-18-12-10-17)15-7-3-2-4-8-15/h2-4,7-8,18H,5-6,9-14H2,1H3. The Hall–Kier alpha value is -1.55. The second kappa shape index (κ2) is 6.06. The number of likely N-dealkylation sites (tertiary alicyclic amines) is 1. The molecule has 2 aliphatic rings. The lowest BCUT2D eigenvalue weighted by molar-refractivity contribution is 0.0824. The number of nitrogens with one attached hydrogen (secondary N) is 1. The van der Waals surface area contributed by atoms with Gasteiger partial charge in [0.2, 0.25) is 0 Å². The number of carbonyl (C=O) groups excluding carboxylic acids is 1. The highest BCUT2D eigenvalue weighted by molar-refractivity contribution is 5.75. The number of benzene rings is 1. The number of carbonyl (C=O) groups is 1. The van der Waals surface area contributed by atoms with Crippen LogP contribution in [0.2, 0.25) is 0 Å². The molecule has 21 heavy (non-hydrogen) atoms. The van der Waals surface area contributed by atoms with E-state index in [2.05, 4.69) is 29.6 Å². The highest BCUT2D eigenvalue weighted by Crippen LogP contribution is 2.37. The first kappa shape index (κ1) is 14.4. The van der Waals surface area contributed by atoms with Crippen LogP contribution in [-0.2, 0) is 5.54 Å². The van der Waals surface area contributed by atoms with Crippen LogP contribution in [0, 0.1) is 0 Å². The van der Waals surface area contributed by atoms with Crippen molar-refractivity contribution < 1.29 is 4.79 Å². The maximum atomic E-state index is 12.9. The zero-order chi connectivity index (χ0) is 14.7. The minimum atomic E-state index is -0.161. The summed E-state index contributed by atoms with van der Waals surface area (Å²) in [6, 6.07) is 10.7. The smallest absolute Gasteiger partial charge is 0.320 e. The van der Waals surface area contributed by atoms with Crippen molar-refractivity contribution in [3.05, 3.63) is 35.9 Å². The fraction of sp³-hybridized carbons (Fsp3) is 0.588. The predicted molar refractivity (Wildman–Crippen MR) is 84.2 cm³/mol. The SMILES string of the molecule is CN(C(=O)N1CCCC1)C1(c2ccccc2)CCNCC1. The van der Waals surface area contributed by atoms with E-state index < -0.39 is 0 Å². The molecule has 0 bridgehead atoms. The molecule has 3 rings (SSSR count). The first-order valence-corrected chi connectivity index (χ1v) is 8.03. The molecule has 4 heteroatoms. The van der Waals surface area contributed by atoms with Crippen LogP contribution in [0.5, 0.6) is 0 Å². The number of rotatable bonds is 2. The van der Waals surface area contributed by atoms with Crippen LogP contribution in [0.4, 0.5) is 4.79 Å². The number of hydrogen-bond acceptors (Lipinski definition) is 2. The van der Waals surface area contributed by atoms with Crippen molar-refractivity contribution in [2.24, 2.45) is 0 Å². The number of amides is 2. The van der Waals surface area contributed by atoms with Gasteiger partial charge in [-0.05, 0) is 44.3 Å². The van der Waals surface area contributed by atoms with E-state index in [0.29, 0.717) is 0 Å². The first-order valence-electron chi connectivity index (χ1n) is 8.03. The van der Waals surface area contributed by atoms with Crippen LogP contribution >= 0.6 is 0 Å². The van der Waals surface area contributed by atoms with E-state index in [4.69, 9.17) is 0 Å². The molecular weight excluding hydrogens is 262 g/mol. The Labute approximate surface area is 127 Å². The average molecular weight is 287 g/mol. The van der Waals surface area contributed by atoms with Crippen molar-refractivity contribution in [3.63, 3.8) is 0 Å². The Bertz CT molecular complexity index is 476.